The summed E-state index contributed by atoms with van der Waals surface area (Å²) in [6.07, 6.45) is 0. The highest BCUT2D eigenvalue weighted by Crippen LogP contribution is 2.21. The molecule has 3 N–H and O–H groups in total. The smallest absolute Gasteiger partial charge is 0.188 e. The fraction of sp³-hybridized carbons (Fsp3) is 0.364. The standard InChI is InChI=1S/C11H14BrF2N3O/c1-18-3-2-16-11(15)17-6-7-4-9(13)10(14)5-8(7)12/h4-5H,2-3,6H2,1H3,(H3,15,16,17). The van der Waals surface area contributed by atoms with Crippen LogP contribution in [0.4, 0.5) is 8.78 Å². The number of hydrogen-bond acceptors (Lipinski definition) is 2. The second-order valence-electron chi connectivity index (χ2n) is 3.48. The topological polar surface area (TPSA) is 59.6 Å². The molecule has 1 aromatic rings. The van der Waals surface area contributed by atoms with Gasteiger partial charge in [-0.05, 0) is 17.7 Å². The number of guanidine groups is 1. The van der Waals surface area contributed by atoms with Crippen molar-refractivity contribution in [1.29, 1.82) is 0 Å². The van der Waals surface area contributed by atoms with Crippen LogP contribution < -0.4 is 11.1 Å². The number of nitrogens with one attached hydrogen (secondary N) is 1. The molecular formula is C11H14BrF2N3O. The maximum absolute atomic E-state index is 13.0. The number of nitrogens with zero attached hydrogens (tertiary/aromatic N) is 1. The molecule has 0 aliphatic rings. The van der Waals surface area contributed by atoms with E-state index in [4.69, 9.17) is 10.5 Å². The summed E-state index contributed by atoms with van der Waals surface area (Å²) in [5.41, 5.74) is 6.10. The molecule has 0 aliphatic carbocycles. The van der Waals surface area contributed by atoms with E-state index < -0.39 is 11.6 Å². The zero-order valence-electron chi connectivity index (χ0n) is 9.84. The molecule has 0 aliphatic heterocycles. The van der Waals surface area contributed by atoms with Crippen LogP contribution in [0.5, 0.6) is 0 Å². The van der Waals surface area contributed by atoms with Crippen molar-refractivity contribution < 1.29 is 13.5 Å². The largest absolute Gasteiger partial charge is 0.383 e. The maximum Gasteiger partial charge on any atom is 0.188 e. The van der Waals surface area contributed by atoms with Crippen molar-refractivity contribution in [3.05, 3.63) is 33.8 Å². The molecule has 0 unspecified atom stereocenters. The van der Waals surface area contributed by atoms with Crippen LogP contribution in [0.1, 0.15) is 5.56 Å². The van der Waals surface area contributed by atoms with E-state index in [1.54, 1.807) is 7.11 Å². The van der Waals surface area contributed by atoms with Crippen LogP contribution in [0.2, 0.25) is 0 Å². The lowest BCUT2D eigenvalue weighted by Crippen LogP contribution is -2.34. The van der Waals surface area contributed by atoms with Gasteiger partial charge < -0.3 is 15.8 Å². The van der Waals surface area contributed by atoms with Crippen LogP contribution in [0, 0.1) is 11.6 Å². The van der Waals surface area contributed by atoms with Crippen molar-refractivity contribution in [1.82, 2.24) is 5.32 Å². The minimum atomic E-state index is -0.908. The second-order valence-corrected chi connectivity index (χ2v) is 4.33. The highest BCUT2D eigenvalue weighted by Gasteiger charge is 2.07. The van der Waals surface area contributed by atoms with Gasteiger partial charge in [0.15, 0.2) is 17.6 Å². The summed E-state index contributed by atoms with van der Waals surface area (Å²) in [5, 5.41) is 2.82. The Labute approximate surface area is 112 Å². The molecular weight excluding hydrogens is 308 g/mol. The van der Waals surface area contributed by atoms with Crippen LogP contribution >= 0.6 is 15.9 Å². The van der Waals surface area contributed by atoms with E-state index in [9.17, 15) is 8.78 Å². The fourth-order valence-electron chi connectivity index (χ4n) is 1.19. The average molecular weight is 322 g/mol. The summed E-state index contributed by atoms with van der Waals surface area (Å²) in [6, 6.07) is 2.15. The van der Waals surface area contributed by atoms with Crippen molar-refractivity contribution in [3.8, 4) is 0 Å². The minimum Gasteiger partial charge on any atom is -0.383 e. The van der Waals surface area contributed by atoms with E-state index in [0.717, 1.165) is 12.1 Å². The van der Waals surface area contributed by atoms with Gasteiger partial charge in [-0.1, -0.05) is 15.9 Å². The fourth-order valence-corrected chi connectivity index (χ4v) is 1.63. The molecule has 0 fully saturated rings. The molecule has 100 valence electrons. The van der Waals surface area contributed by atoms with Gasteiger partial charge in [-0.15, -0.1) is 0 Å². The summed E-state index contributed by atoms with van der Waals surface area (Å²) in [7, 11) is 1.58. The predicted octanol–water partition coefficient (Wildman–Crippen LogP) is 1.78. The average Bonchev–Trinajstić information content (AvgIpc) is 2.32. The van der Waals surface area contributed by atoms with Gasteiger partial charge in [0.05, 0.1) is 13.2 Å². The number of hydrogen-bond donors (Lipinski definition) is 2. The lowest BCUT2D eigenvalue weighted by molar-refractivity contribution is 0.204. The molecule has 0 radical (unpaired) electrons. The van der Waals surface area contributed by atoms with E-state index in [-0.39, 0.29) is 12.5 Å². The van der Waals surface area contributed by atoms with E-state index in [2.05, 4.69) is 26.2 Å². The zero-order valence-corrected chi connectivity index (χ0v) is 11.4. The number of halogens is 3. The Morgan fingerprint density at radius 2 is 2.11 bits per heavy atom. The van der Waals surface area contributed by atoms with Gasteiger partial charge >= 0.3 is 0 Å². The van der Waals surface area contributed by atoms with Gasteiger partial charge in [0.25, 0.3) is 0 Å². The van der Waals surface area contributed by atoms with Gasteiger partial charge in [-0.2, -0.15) is 0 Å². The Balaban J connectivity index is 2.62. The minimum absolute atomic E-state index is 0.156. The summed E-state index contributed by atoms with van der Waals surface area (Å²) >= 11 is 3.14. The Bertz CT molecular complexity index is 441. The quantitative estimate of drug-likeness (QED) is 0.376. The zero-order chi connectivity index (χ0) is 13.5. The molecule has 4 nitrogen and oxygen atoms in total. The third-order valence-electron chi connectivity index (χ3n) is 2.12. The van der Waals surface area contributed by atoms with Gasteiger partial charge in [0, 0.05) is 18.1 Å². The maximum atomic E-state index is 13.0. The molecule has 0 saturated carbocycles. The van der Waals surface area contributed by atoms with Crippen molar-refractivity contribution in [3.63, 3.8) is 0 Å². The first-order valence-electron chi connectivity index (χ1n) is 5.20. The van der Waals surface area contributed by atoms with Gasteiger partial charge in [-0.3, -0.25) is 0 Å². The molecule has 0 spiro atoms. The molecule has 0 amide bonds. The van der Waals surface area contributed by atoms with E-state index in [1.807, 2.05) is 0 Å². The van der Waals surface area contributed by atoms with Crippen LogP contribution in [0.3, 0.4) is 0 Å². The molecule has 1 rings (SSSR count). The Morgan fingerprint density at radius 1 is 1.44 bits per heavy atom. The number of aliphatic imine (C=N–C) groups is 1. The molecule has 1 aromatic carbocycles. The third-order valence-corrected chi connectivity index (χ3v) is 2.86. The monoisotopic (exact) mass is 321 g/mol. The van der Waals surface area contributed by atoms with Crippen molar-refractivity contribution in [2.75, 3.05) is 20.3 Å². The highest BCUT2D eigenvalue weighted by molar-refractivity contribution is 9.10. The molecule has 18 heavy (non-hydrogen) atoms. The van der Waals surface area contributed by atoms with Crippen molar-refractivity contribution in [2.45, 2.75) is 6.54 Å². The number of methoxy groups -OCH3 is 1. The lowest BCUT2D eigenvalue weighted by atomic mass is 10.2. The van der Waals surface area contributed by atoms with E-state index in [0.29, 0.717) is 23.2 Å². The van der Waals surface area contributed by atoms with Crippen molar-refractivity contribution >= 4 is 21.9 Å². The Hall–Kier alpha value is -1.21. The van der Waals surface area contributed by atoms with Crippen LogP contribution in [0.25, 0.3) is 0 Å². The molecule has 0 atom stereocenters. The van der Waals surface area contributed by atoms with Crippen molar-refractivity contribution in [2.24, 2.45) is 10.7 Å². The first kappa shape index (κ1) is 14.8. The third kappa shape index (κ3) is 4.58. The summed E-state index contributed by atoms with van der Waals surface area (Å²) in [4.78, 5) is 4.01. The van der Waals surface area contributed by atoms with Gasteiger partial charge in [0.1, 0.15) is 0 Å². The first-order chi connectivity index (χ1) is 8.54. The predicted molar refractivity (Wildman–Crippen MR) is 69.3 cm³/mol. The van der Waals surface area contributed by atoms with Crippen LogP contribution in [-0.2, 0) is 11.3 Å². The Kier molecular flexibility index (Phi) is 6.00. The van der Waals surface area contributed by atoms with Gasteiger partial charge in [0.2, 0.25) is 0 Å². The molecule has 7 heteroatoms. The van der Waals surface area contributed by atoms with Crippen LogP contribution in [-0.4, -0.2) is 26.2 Å². The molecule has 0 aromatic heterocycles. The Morgan fingerprint density at radius 3 is 2.78 bits per heavy atom. The van der Waals surface area contributed by atoms with E-state index >= 15 is 0 Å². The highest BCUT2D eigenvalue weighted by atomic mass is 79.9. The summed E-state index contributed by atoms with van der Waals surface area (Å²) in [5.74, 6) is -1.58. The van der Waals surface area contributed by atoms with E-state index in [1.165, 1.54) is 0 Å². The first-order valence-corrected chi connectivity index (χ1v) is 6.00. The molecule has 0 heterocycles. The molecule has 0 saturated heterocycles. The second kappa shape index (κ2) is 7.27. The summed E-state index contributed by atoms with van der Waals surface area (Å²) < 4.78 is 31.2. The lowest BCUT2D eigenvalue weighted by Gasteiger charge is -2.06. The van der Waals surface area contributed by atoms with Crippen LogP contribution in [0.15, 0.2) is 21.6 Å². The normalized spacial score (nSPS) is 11.7. The summed E-state index contributed by atoms with van der Waals surface area (Å²) in [6.45, 7) is 1.19. The number of benzene rings is 1. The molecule has 0 bridgehead atoms. The van der Waals surface area contributed by atoms with Gasteiger partial charge in [-0.25, -0.2) is 13.8 Å². The number of nitrogens with two attached hydrogens (primary N) is 1. The number of ether oxygens (including phenoxy) is 1. The number of rotatable bonds is 5. The SMILES string of the molecule is COCCNC(N)=NCc1cc(F)c(F)cc1Br.